The van der Waals surface area contributed by atoms with Gasteiger partial charge in [-0.2, -0.15) is 0 Å². The summed E-state index contributed by atoms with van der Waals surface area (Å²) in [5.74, 6) is 0.275. The second-order valence-electron chi connectivity index (χ2n) is 0.886. The molecule has 7 heavy (non-hydrogen) atoms. The molecule has 44 valence electrons. The Morgan fingerprint density at radius 3 is 2.29 bits per heavy atom. The molecule has 0 bridgehead atoms. The number of hydrogen-bond donors (Lipinski definition) is 2. The molecule has 0 aliphatic carbocycles. The Morgan fingerprint density at radius 2 is 2.14 bits per heavy atom. The SMILES string of the molecule is OC(O)OCCCl. The van der Waals surface area contributed by atoms with Crippen molar-refractivity contribution < 1.29 is 14.9 Å². The monoisotopic (exact) mass is 126 g/mol. The molecule has 0 spiro atoms. The topological polar surface area (TPSA) is 49.7 Å². The van der Waals surface area contributed by atoms with Gasteiger partial charge in [0.05, 0.1) is 6.61 Å². The Balaban J connectivity index is 2.68. The van der Waals surface area contributed by atoms with Crippen LogP contribution in [0.15, 0.2) is 0 Å². The van der Waals surface area contributed by atoms with Crippen LogP contribution in [-0.4, -0.2) is 29.2 Å². The molecule has 0 aliphatic rings. The van der Waals surface area contributed by atoms with Crippen LogP contribution in [0.3, 0.4) is 0 Å². The van der Waals surface area contributed by atoms with E-state index in [4.69, 9.17) is 21.8 Å². The van der Waals surface area contributed by atoms with E-state index in [0.29, 0.717) is 0 Å². The van der Waals surface area contributed by atoms with Crippen LogP contribution in [0, 0.1) is 0 Å². The first-order chi connectivity index (χ1) is 3.27. The highest BCUT2D eigenvalue weighted by molar-refractivity contribution is 6.17. The van der Waals surface area contributed by atoms with Crippen molar-refractivity contribution in [2.24, 2.45) is 0 Å². The van der Waals surface area contributed by atoms with Gasteiger partial charge >= 0.3 is 0 Å². The number of alkyl halides is 1. The molecule has 0 saturated heterocycles. The molecule has 0 amide bonds. The van der Waals surface area contributed by atoms with Gasteiger partial charge in [0.25, 0.3) is 6.48 Å². The van der Waals surface area contributed by atoms with Gasteiger partial charge in [0.1, 0.15) is 0 Å². The molecule has 0 unspecified atom stereocenters. The number of rotatable bonds is 3. The lowest BCUT2D eigenvalue weighted by atomic mass is 10.9. The van der Waals surface area contributed by atoms with Crippen LogP contribution in [0.5, 0.6) is 0 Å². The van der Waals surface area contributed by atoms with Gasteiger partial charge in [-0.15, -0.1) is 11.6 Å². The van der Waals surface area contributed by atoms with Crippen molar-refractivity contribution in [1.29, 1.82) is 0 Å². The third kappa shape index (κ3) is 6.17. The van der Waals surface area contributed by atoms with Gasteiger partial charge in [-0.1, -0.05) is 0 Å². The first-order valence-electron chi connectivity index (χ1n) is 1.81. The molecule has 0 aromatic heterocycles. The maximum atomic E-state index is 7.96. The molecule has 0 aliphatic heterocycles. The lowest BCUT2D eigenvalue weighted by Gasteiger charge is -2.00. The molecular weight excluding hydrogens is 119 g/mol. The normalized spacial score (nSPS) is 10.3. The fraction of sp³-hybridized carbons (Fsp3) is 1.00. The summed E-state index contributed by atoms with van der Waals surface area (Å²) in [5.41, 5.74) is 0. The van der Waals surface area contributed by atoms with Crippen LogP contribution in [0.25, 0.3) is 0 Å². The van der Waals surface area contributed by atoms with E-state index in [1.54, 1.807) is 0 Å². The molecule has 0 radical (unpaired) electrons. The van der Waals surface area contributed by atoms with Crippen LogP contribution >= 0.6 is 11.6 Å². The summed E-state index contributed by atoms with van der Waals surface area (Å²) < 4.78 is 4.17. The summed E-state index contributed by atoms with van der Waals surface area (Å²) in [4.78, 5) is 0. The Bertz CT molecular complexity index is 39.2. The zero-order chi connectivity index (χ0) is 5.70. The van der Waals surface area contributed by atoms with Crippen molar-refractivity contribution in [3.8, 4) is 0 Å². The van der Waals surface area contributed by atoms with Gasteiger partial charge in [-0.25, -0.2) is 0 Å². The van der Waals surface area contributed by atoms with Gasteiger partial charge in [-0.3, -0.25) is 0 Å². The average molecular weight is 127 g/mol. The second-order valence-corrected chi connectivity index (χ2v) is 1.26. The Kier molecular flexibility index (Phi) is 4.44. The van der Waals surface area contributed by atoms with Crippen molar-refractivity contribution in [2.75, 3.05) is 12.5 Å². The molecule has 0 atom stereocenters. The first-order valence-corrected chi connectivity index (χ1v) is 2.34. The van der Waals surface area contributed by atoms with Gasteiger partial charge in [0.2, 0.25) is 0 Å². The summed E-state index contributed by atoms with van der Waals surface area (Å²) in [6.07, 6.45) is 0. The maximum Gasteiger partial charge on any atom is 0.266 e. The second kappa shape index (κ2) is 4.33. The minimum Gasteiger partial charge on any atom is -0.346 e. The van der Waals surface area contributed by atoms with Crippen molar-refractivity contribution in [1.82, 2.24) is 0 Å². The third-order valence-electron chi connectivity index (χ3n) is 0.344. The van der Waals surface area contributed by atoms with Gasteiger partial charge in [-0.05, 0) is 0 Å². The van der Waals surface area contributed by atoms with Crippen molar-refractivity contribution in [3.63, 3.8) is 0 Å². The number of halogens is 1. The Labute approximate surface area is 46.5 Å². The molecule has 2 N–H and O–H groups in total. The minimum atomic E-state index is -1.68. The smallest absolute Gasteiger partial charge is 0.266 e. The van der Waals surface area contributed by atoms with E-state index >= 15 is 0 Å². The van der Waals surface area contributed by atoms with Crippen LogP contribution < -0.4 is 0 Å². The van der Waals surface area contributed by atoms with E-state index in [1.165, 1.54) is 0 Å². The largest absolute Gasteiger partial charge is 0.346 e. The number of aliphatic hydroxyl groups excluding tert-OH is 1. The Hall–Kier alpha value is 0.170. The van der Waals surface area contributed by atoms with E-state index in [0.717, 1.165) is 0 Å². The molecular formula is C3H7ClO3. The molecule has 0 rings (SSSR count). The zero-order valence-electron chi connectivity index (χ0n) is 3.67. The van der Waals surface area contributed by atoms with Crippen LogP contribution in [0.4, 0.5) is 0 Å². The molecule has 0 fully saturated rings. The Morgan fingerprint density at radius 1 is 1.57 bits per heavy atom. The first kappa shape index (κ1) is 7.17. The molecule has 0 aromatic rings. The third-order valence-corrected chi connectivity index (χ3v) is 0.498. The van der Waals surface area contributed by atoms with Crippen molar-refractivity contribution in [2.45, 2.75) is 6.48 Å². The zero-order valence-corrected chi connectivity index (χ0v) is 4.43. The summed E-state index contributed by atoms with van der Waals surface area (Å²) in [6.45, 7) is -1.52. The predicted molar refractivity (Wildman–Crippen MR) is 24.9 cm³/mol. The molecule has 3 nitrogen and oxygen atoms in total. The highest BCUT2D eigenvalue weighted by Gasteiger charge is 1.91. The van der Waals surface area contributed by atoms with Gasteiger partial charge in [0, 0.05) is 5.88 Å². The van der Waals surface area contributed by atoms with E-state index < -0.39 is 6.48 Å². The van der Waals surface area contributed by atoms with Gasteiger partial charge in [0.15, 0.2) is 0 Å². The van der Waals surface area contributed by atoms with Crippen LogP contribution in [0.1, 0.15) is 0 Å². The lowest BCUT2D eigenvalue weighted by molar-refractivity contribution is -0.230. The summed E-state index contributed by atoms with van der Waals surface area (Å²) >= 11 is 5.10. The number of hydrogen-bond acceptors (Lipinski definition) is 3. The standard InChI is InChI=1S/C3H7ClO3/c4-1-2-7-3(5)6/h3,5-6H,1-2H2. The number of aliphatic hydroxyl groups is 2. The highest BCUT2D eigenvalue weighted by Crippen LogP contribution is 1.80. The molecule has 0 saturated carbocycles. The van der Waals surface area contributed by atoms with Crippen LogP contribution in [-0.2, 0) is 4.74 Å². The highest BCUT2D eigenvalue weighted by atomic mass is 35.5. The lowest BCUT2D eigenvalue weighted by Crippen LogP contribution is -2.11. The predicted octanol–water partition coefficient (Wildman–Crippen LogP) is -0.490. The average Bonchev–Trinajstić information content (AvgIpc) is 1.61. The van der Waals surface area contributed by atoms with E-state index in [1.807, 2.05) is 0 Å². The van der Waals surface area contributed by atoms with Gasteiger partial charge < -0.3 is 14.9 Å². The molecule has 0 aromatic carbocycles. The van der Waals surface area contributed by atoms with E-state index in [-0.39, 0.29) is 12.5 Å². The number of ether oxygens (including phenoxy) is 1. The fourth-order valence-electron chi connectivity index (χ4n) is 0.150. The summed E-state index contributed by atoms with van der Waals surface area (Å²) in [5, 5.41) is 15.9. The van der Waals surface area contributed by atoms with E-state index in [2.05, 4.69) is 4.74 Å². The minimum absolute atomic E-state index is 0.166. The van der Waals surface area contributed by atoms with Crippen molar-refractivity contribution >= 4 is 11.6 Å². The quantitative estimate of drug-likeness (QED) is 0.396. The molecule has 0 heterocycles. The van der Waals surface area contributed by atoms with Crippen molar-refractivity contribution in [3.05, 3.63) is 0 Å². The van der Waals surface area contributed by atoms with Crippen LogP contribution in [0.2, 0.25) is 0 Å². The van der Waals surface area contributed by atoms with E-state index in [9.17, 15) is 0 Å². The summed E-state index contributed by atoms with van der Waals surface area (Å²) in [6, 6.07) is 0. The summed E-state index contributed by atoms with van der Waals surface area (Å²) in [7, 11) is 0. The molecule has 4 heteroatoms. The maximum absolute atomic E-state index is 7.96. The fourth-order valence-corrected chi connectivity index (χ4v) is 0.239.